The lowest BCUT2D eigenvalue weighted by molar-refractivity contribution is 0.0579. The third-order valence-corrected chi connectivity index (χ3v) is 5.44. The molecule has 0 aromatic heterocycles. The second-order valence-corrected chi connectivity index (χ2v) is 6.89. The van der Waals surface area contributed by atoms with Crippen LogP contribution in [0, 0.1) is 0 Å². The highest BCUT2D eigenvalue weighted by Gasteiger charge is 2.28. The second-order valence-electron chi connectivity index (χ2n) is 6.89. The molecule has 1 aromatic carbocycles. The molecule has 0 radical (unpaired) electrons. The van der Waals surface area contributed by atoms with E-state index in [0.717, 1.165) is 12.1 Å². The van der Waals surface area contributed by atoms with Gasteiger partial charge in [-0.3, -0.25) is 4.90 Å². The predicted octanol–water partition coefficient (Wildman–Crippen LogP) is 3.57. The van der Waals surface area contributed by atoms with Gasteiger partial charge >= 0.3 is 0 Å². The van der Waals surface area contributed by atoms with Gasteiger partial charge in [-0.05, 0) is 64.2 Å². The lowest BCUT2D eigenvalue weighted by Gasteiger charge is -2.43. The molecule has 2 aliphatic rings. The van der Waals surface area contributed by atoms with Crippen molar-refractivity contribution in [2.24, 2.45) is 0 Å². The van der Waals surface area contributed by atoms with Crippen LogP contribution in [-0.2, 0) is 6.42 Å². The summed E-state index contributed by atoms with van der Waals surface area (Å²) in [6.45, 7) is 7.59. The molecule has 116 valence electrons. The molecule has 0 N–H and O–H groups in total. The molecule has 0 saturated carbocycles. The van der Waals surface area contributed by atoms with Gasteiger partial charge in [-0.2, -0.15) is 0 Å². The van der Waals surface area contributed by atoms with Gasteiger partial charge in [0.2, 0.25) is 0 Å². The van der Waals surface area contributed by atoms with Gasteiger partial charge in [0.25, 0.3) is 0 Å². The molecular weight excluding hydrogens is 256 g/mol. The predicted molar refractivity (Wildman–Crippen MR) is 89.6 cm³/mol. The fraction of sp³-hybridized carbons (Fsp3) is 0.684. The molecule has 21 heavy (non-hydrogen) atoms. The molecule has 0 spiro atoms. The van der Waals surface area contributed by atoms with E-state index in [-0.39, 0.29) is 0 Å². The molecule has 2 heteroatoms. The normalized spacial score (nSPS) is 26.0. The summed E-state index contributed by atoms with van der Waals surface area (Å²) in [4.78, 5) is 5.47. The van der Waals surface area contributed by atoms with Crippen molar-refractivity contribution < 1.29 is 0 Å². The molecule has 2 nitrogen and oxygen atoms in total. The summed E-state index contributed by atoms with van der Waals surface area (Å²) in [7, 11) is 0. The van der Waals surface area contributed by atoms with E-state index in [2.05, 4.69) is 47.1 Å². The Bertz CT molecular complexity index is 409. The lowest BCUT2D eigenvalue weighted by Crippen LogP contribution is -2.50. The topological polar surface area (TPSA) is 6.48 Å². The van der Waals surface area contributed by atoms with E-state index in [1.807, 2.05) is 0 Å². The van der Waals surface area contributed by atoms with Gasteiger partial charge in [0.15, 0.2) is 0 Å². The first kappa shape index (κ1) is 15.1. The fourth-order valence-electron chi connectivity index (χ4n) is 4.07. The van der Waals surface area contributed by atoms with Crippen LogP contribution in [0.15, 0.2) is 30.3 Å². The first-order chi connectivity index (χ1) is 10.3. The van der Waals surface area contributed by atoms with E-state index in [1.165, 1.54) is 70.3 Å². The van der Waals surface area contributed by atoms with Crippen LogP contribution in [0.3, 0.4) is 0 Å². The Morgan fingerprint density at radius 1 is 0.952 bits per heavy atom. The van der Waals surface area contributed by atoms with E-state index in [9.17, 15) is 0 Å². The van der Waals surface area contributed by atoms with Crippen molar-refractivity contribution in [2.45, 2.75) is 57.5 Å². The highest BCUT2D eigenvalue weighted by atomic mass is 15.2. The number of piperidine rings is 2. The summed E-state index contributed by atoms with van der Waals surface area (Å²) in [6.07, 6.45) is 8.21. The molecule has 3 rings (SSSR count). The zero-order valence-electron chi connectivity index (χ0n) is 13.5. The number of likely N-dealkylation sites (tertiary alicyclic amines) is 2. The third kappa shape index (κ3) is 4.08. The van der Waals surface area contributed by atoms with Gasteiger partial charge in [0, 0.05) is 18.6 Å². The first-order valence-corrected chi connectivity index (χ1v) is 8.85. The highest BCUT2D eigenvalue weighted by molar-refractivity contribution is 5.14. The standard InChI is InChI=1S/C19H30N2/c1-17-7-5-6-13-21(17)19-11-15-20(16-12-19)14-10-18-8-3-2-4-9-18/h2-4,8-9,17,19H,5-7,10-16H2,1H3. The van der Waals surface area contributed by atoms with E-state index < -0.39 is 0 Å². The Balaban J connectivity index is 1.42. The van der Waals surface area contributed by atoms with Crippen LogP contribution < -0.4 is 0 Å². The second kappa shape index (κ2) is 7.42. The van der Waals surface area contributed by atoms with Gasteiger partial charge in [-0.15, -0.1) is 0 Å². The first-order valence-electron chi connectivity index (χ1n) is 8.85. The Labute approximate surface area is 130 Å². The van der Waals surface area contributed by atoms with E-state index in [4.69, 9.17) is 0 Å². The van der Waals surface area contributed by atoms with Gasteiger partial charge in [-0.25, -0.2) is 0 Å². The number of nitrogens with zero attached hydrogens (tertiary/aromatic N) is 2. The molecular formula is C19H30N2. The maximum atomic E-state index is 2.80. The van der Waals surface area contributed by atoms with E-state index in [1.54, 1.807) is 0 Å². The third-order valence-electron chi connectivity index (χ3n) is 5.44. The molecule has 1 unspecified atom stereocenters. The molecule has 0 aliphatic carbocycles. The molecule has 0 bridgehead atoms. The van der Waals surface area contributed by atoms with Crippen molar-refractivity contribution in [3.8, 4) is 0 Å². The number of hydrogen-bond donors (Lipinski definition) is 0. The van der Waals surface area contributed by atoms with Crippen LogP contribution in [0.1, 0.15) is 44.6 Å². The maximum Gasteiger partial charge on any atom is 0.0122 e. The number of hydrogen-bond acceptors (Lipinski definition) is 2. The minimum absolute atomic E-state index is 0.819. The number of benzene rings is 1. The Morgan fingerprint density at radius 3 is 2.43 bits per heavy atom. The van der Waals surface area contributed by atoms with Gasteiger partial charge in [0.05, 0.1) is 0 Å². The quantitative estimate of drug-likeness (QED) is 0.835. The molecule has 2 saturated heterocycles. The van der Waals surface area contributed by atoms with Crippen molar-refractivity contribution >= 4 is 0 Å². The summed E-state index contributed by atoms with van der Waals surface area (Å²) in [5.41, 5.74) is 1.48. The SMILES string of the molecule is CC1CCCCN1C1CCN(CCc2ccccc2)CC1. The monoisotopic (exact) mass is 286 g/mol. The van der Waals surface area contributed by atoms with Gasteiger partial charge in [0.1, 0.15) is 0 Å². The smallest absolute Gasteiger partial charge is 0.0122 e. The van der Waals surface area contributed by atoms with Crippen LogP contribution >= 0.6 is 0 Å². The lowest BCUT2D eigenvalue weighted by atomic mass is 9.96. The van der Waals surface area contributed by atoms with Crippen molar-refractivity contribution in [3.63, 3.8) is 0 Å². The van der Waals surface area contributed by atoms with Crippen molar-refractivity contribution in [3.05, 3.63) is 35.9 Å². The average Bonchev–Trinajstić information content (AvgIpc) is 2.55. The minimum atomic E-state index is 0.819. The Morgan fingerprint density at radius 2 is 1.71 bits per heavy atom. The van der Waals surface area contributed by atoms with Crippen molar-refractivity contribution in [1.29, 1.82) is 0 Å². The summed E-state index contributed by atoms with van der Waals surface area (Å²) in [5, 5.41) is 0. The van der Waals surface area contributed by atoms with Gasteiger partial charge in [-0.1, -0.05) is 36.8 Å². The Kier molecular flexibility index (Phi) is 5.32. The van der Waals surface area contributed by atoms with Crippen molar-refractivity contribution in [1.82, 2.24) is 9.80 Å². The molecule has 0 amide bonds. The molecule has 2 fully saturated rings. The molecule has 2 aliphatic heterocycles. The van der Waals surface area contributed by atoms with E-state index in [0.29, 0.717) is 0 Å². The van der Waals surface area contributed by atoms with Crippen LogP contribution in [0.25, 0.3) is 0 Å². The van der Waals surface area contributed by atoms with Gasteiger partial charge < -0.3 is 4.90 Å². The summed E-state index contributed by atoms with van der Waals surface area (Å²) >= 11 is 0. The fourth-order valence-corrected chi connectivity index (χ4v) is 4.07. The zero-order chi connectivity index (χ0) is 14.5. The van der Waals surface area contributed by atoms with Crippen LogP contribution in [-0.4, -0.2) is 48.1 Å². The summed E-state index contributed by atoms with van der Waals surface area (Å²) in [5.74, 6) is 0. The zero-order valence-corrected chi connectivity index (χ0v) is 13.5. The molecule has 1 atom stereocenters. The maximum absolute atomic E-state index is 2.80. The average molecular weight is 286 g/mol. The number of rotatable bonds is 4. The summed E-state index contributed by atoms with van der Waals surface area (Å²) in [6, 6.07) is 12.6. The molecule has 1 aromatic rings. The van der Waals surface area contributed by atoms with Crippen LogP contribution in [0.5, 0.6) is 0 Å². The van der Waals surface area contributed by atoms with E-state index >= 15 is 0 Å². The highest BCUT2D eigenvalue weighted by Crippen LogP contribution is 2.25. The minimum Gasteiger partial charge on any atom is -0.303 e. The van der Waals surface area contributed by atoms with Crippen molar-refractivity contribution in [2.75, 3.05) is 26.2 Å². The summed E-state index contributed by atoms with van der Waals surface area (Å²) < 4.78 is 0. The van der Waals surface area contributed by atoms with Crippen LogP contribution in [0.4, 0.5) is 0 Å². The largest absolute Gasteiger partial charge is 0.303 e. The van der Waals surface area contributed by atoms with Crippen LogP contribution in [0.2, 0.25) is 0 Å². The molecule has 2 heterocycles. The Hall–Kier alpha value is -0.860.